The van der Waals surface area contributed by atoms with E-state index in [1.165, 1.54) is 0 Å². The molecule has 0 radical (unpaired) electrons. The Morgan fingerprint density at radius 3 is 2.82 bits per heavy atom. The van der Waals surface area contributed by atoms with Crippen molar-refractivity contribution in [1.82, 2.24) is 15.3 Å². The summed E-state index contributed by atoms with van der Waals surface area (Å²) in [6, 6.07) is 0. The molecule has 0 saturated carbocycles. The molecule has 1 aromatic heterocycles. The zero-order chi connectivity index (χ0) is 8.27. The Bertz CT molecular complexity index is 252. The summed E-state index contributed by atoms with van der Waals surface area (Å²) < 4.78 is 0. The van der Waals surface area contributed by atoms with Gasteiger partial charge in [0.2, 0.25) is 5.28 Å². The van der Waals surface area contributed by atoms with E-state index >= 15 is 0 Å². The molecule has 11 heavy (non-hydrogen) atoms. The van der Waals surface area contributed by atoms with Gasteiger partial charge in [-0.1, -0.05) is 11.6 Å². The van der Waals surface area contributed by atoms with Crippen LogP contribution in [0.15, 0.2) is 6.20 Å². The van der Waals surface area contributed by atoms with E-state index in [4.69, 9.17) is 23.2 Å². The number of nitrogens with zero attached hydrogens (tertiary/aromatic N) is 2. The standard InChI is InChI=1S/C6H7Cl2N3/c1-9-2-4-3-10-6(8)11-5(4)7/h3,9H,2H2,1H3. The third kappa shape index (κ3) is 2.29. The van der Waals surface area contributed by atoms with E-state index in [1.807, 2.05) is 7.05 Å². The highest BCUT2D eigenvalue weighted by molar-refractivity contribution is 6.32. The molecule has 0 aromatic carbocycles. The van der Waals surface area contributed by atoms with Crippen molar-refractivity contribution in [3.63, 3.8) is 0 Å². The van der Waals surface area contributed by atoms with Gasteiger partial charge in [-0.05, 0) is 18.6 Å². The SMILES string of the molecule is CNCc1cnc(Cl)nc1Cl. The van der Waals surface area contributed by atoms with E-state index in [0.717, 1.165) is 5.56 Å². The monoisotopic (exact) mass is 191 g/mol. The summed E-state index contributed by atoms with van der Waals surface area (Å²) >= 11 is 11.2. The Kier molecular flexibility index (Phi) is 3.05. The molecule has 1 rings (SSSR count). The maximum absolute atomic E-state index is 5.73. The van der Waals surface area contributed by atoms with Crippen molar-refractivity contribution in [3.8, 4) is 0 Å². The fraction of sp³-hybridized carbons (Fsp3) is 0.333. The number of nitrogens with one attached hydrogen (secondary N) is 1. The Morgan fingerprint density at radius 2 is 2.27 bits per heavy atom. The average Bonchev–Trinajstić information content (AvgIpc) is 1.95. The molecule has 1 N–H and O–H groups in total. The van der Waals surface area contributed by atoms with Crippen LogP contribution in [0.2, 0.25) is 10.4 Å². The number of hydrogen-bond acceptors (Lipinski definition) is 3. The Morgan fingerprint density at radius 1 is 1.55 bits per heavy atom. The molecule has 0 atom stereocenters. The van der Waals surface area contributed by atoms with Crippen molar-refractivity contribution < 1.29 is 0 Å². The van der Waals surface area contributed by atoms with Crippen LogP contribution >= 0.6 is 23.2 Å². The van der Waals surface area contributed by atoms with Crippen LogP contribution in [0.25, 0.3) is 0 Å². The van der Waals surface area contributed by atoms with Crippen LogP contribution in [-0.4, -0.2) is 17.0 Å². The maximum atomic E-state index is 5.73. The van der Waals surface area contributed by atoms with Gasteiger partial charge in [0, 0.05) is 18.3 Å². The largest absolute Gasteiger partial charge is 0.316 e. The highest BCUT2D eigenvalue weighted by atomic mass is 35.5. The molecule has 0 saturated heterocycles. The predicted octanol–water partition coefficient (Wildman–Crippen LogP) is 1.50. The van der Waals surface area contributed by atoms with E-state index in [1.54, 1.807) is 6.20 Å². The second kappa shape index (κ2) is 3.85. The molecule has 0 unspecified atom stereocenters. The molecule has 0 amide bonds. The van der Waals surface area contributed by atoms with Crippen molar-refractivity contribution in [2.75, 3.05) is 7.05 Å². The topological polar surface area (TPSA) is 37.8 Å². The summed E-state index contributed by atoms with van der Waals surface area (Å²) in [5, 5.41) is 3.51. The van der Waals surface area contributed by atoms with Crippen LogP contribution in [-0.2, 0) is 6.54 Å². The smallest absolute Gasteiger partial charge is 0.223 e. The minimum atomic E-state index is 0.176. The van der Waals surface area contributed by atoms with Crippen molar-refractivity contribution in [2.45, 2.75) is 6.54 Å². The zero-order valence-corrected chi connectivity index (χ0v) is 7.45. The van der Waals surface area contributed by atoms with Crippen LogP contribution < -0.4 is 5.32 Å². The van der Waals surface area contributed by atoms with Crippen LogP contribution in [0, 0.1) is 0 Å². The summed E-state index contributed by atoms with van der Waals surface area (Å²) in [5.74, 6) is 0. The van der Waals surface area contributed by atoms with Crippen LogP contribution in [0.5, 0.6) is 0 Å². The van der Waals surface area contributed by atoms with E-state index in [9.17, 15) is 0 Å². The van der Waals surface area contributed by atoms with Gasteiger partial charge in [0.1, 0.15) is 5.15 Å². The third-order valence-corrected chi connectivity index (χ3v) is 1.66. The highest BCUT2D eigenvalue weighted by Gasteiger charge is 2.01. The molecule has 60 valence electrons. The summed E-state index contributed by atoms with van der Waals surface area (Å²) in [4.78, 5) is 7.56. The molecule has 5 heteroatoms. The van der Waals surface area contributed by atoms with Crippen molar-refractivity contribution in [2.24, 2.45) is 0 Å². The van der Waals surface area contributed by atoms with Crippen molar-refractivity contribution in [3.05, 3.63) is 22.2 Å². The number of hydrogen-bond donors (Lipinski definition) is 1. The van der Waals surface area contributed by atoms with E-state index < -0.39 is 0 Å². The molecule has 0 aliphatic carbocycles. The second-order valence-electron chi connectivity index (χ2n) is 1.99. The van der Waals surface area contributed by atoms with Gasteiger partial charge >= 0.3 is 0 Å². The summed E-state index contributed by atoms with van der Waals surface area (Å²) in [5.41, 5.74) is 0.846. The molecule has 0 aliphatic heterocycles. The van der Waals surface area contributed by atoms with Crippen molar-refractivity contribution >= 4 is 23.2 Å². The first-order valence-electron chi connectivity index (χ1n) is 3.05. The third-order valence-electron chi connectivity index (χ3n) is 1.15. The van der Waals surface area contributed by atoms with Gasteiger partial charge in [-0.3, -0.25) is 0 Å². The zero-order valence-electron chi connectivity index (χ0n) is 5.93. The summed E-state index contributed by atoms with van der Waals surface area (Å²) in [6.07, 6.45) is 1.61. The van der Waals surface area contributed by atoms with Crippen LogP contribution in [0.1, 0.15) is 5.56 Å². The summed E-state index contributed by atoms with van der Waals surface area (Å²) in [6.45, 7) is 0.649. The minimum Gasteiger partial charge on any atom is -0.316 e. The van der Waals surface area contributed by atoms with Gasteiger partial charge in [0.05, 0.1) is 0 Å². The Balaban J connectivity index is 2.90. The summed E-state index contributed by atoms with van der Waals surface area (Å²) in [7, 11) is 1.82. The van der Waals surface area contributed by atoms with Gasteiger partial charge in [-0.25, -0.2) is 9.97 Å². The van der Waals surface area contributed by atoms with Gasteiger partial charge < -0.3 is 5.32 Å². The van der Waals surface area contributed by atoms with Gasteiger partial charge in [-0.15, -0.1) is 0 Å². The van der Waals surface area contributed by atoms with E-state index in [0.29, 0.717) is 11.7 Å². The lowest BCUT2D eigenvalue weighted by molar-refractivity contribution is 0.807. The van der Waals surface area contributed by atoms with Crippen LogP contribution in [0.4, 0.5) is 0 Å². The molecular formula is C6H7Cl2N3. The quantitative estimate of drug-likeness (QED) is 0.569. The first kappa shape index (κ1) is 8.71. The predicted molar refractivity (Wildman–Crippen MR) is 44.8 cm³/mol. The first-order valence-corrected chi connectivity index (χ1v) is 3.81. The second-order valence-corrected chi connectivity index (χ2v) is 2.68. The molecule has 0 bridgehead atoms. The van der Waals surface area contributed by atoms with Gasteiger partial charge in [-0.2, -0.15) is 0 Å². The molecule has 3 nitrogen and oxygen atoms in total. The van der Waals surface area contributed by atoms with Crippen LogP contribution in [0.3, 0.4) is 0 Å². The molecule has 1 heterocycles. The lowest BCUT2D eigenvalue weighted by atomic mass is 10.3. The van der Waals surface area contributed by atoms with Gasteiger partial charge in [0.15, 0.2) is 0 Å². The fourth-order valence-electron chi connectivity index (χ4n) is 0.675. The maximum Gasteiger partial charge on any atom is 0.223 e. The first-order chi connectivity index (χ1) is 5.24. The fourth-order valence-corrected chi connectivity index (χ4v) is 1.05. The average molecular weight is 192 g/mol. The molecule has 0 aliphatic rings. The van der Waals surface area contributed by atoms with Gasteiger partial charge in [0.25, 0.3) is 0 Å². The normalized spacial score (nSPS) is 10.1. The van der Waals surface area contributed by atoms with Crippen molar-refractivity contribution in [1.29, 1.82) is 0 Å². The minimum absolute atomic E-state index is 0.176. The highest BCUT2D eigenvalue weighted by Crippen LogP contribution is 2.13. The lowest BCUT2D eigenvalue weighted by Gasteiger charge is -2.00. The molecule has 0 fully saturated rings. The molecule has 1 aromatic rings. The Labute approximate surface area is 74.8 Å². The lowest BCUT2D eigenvalue weighted by Crippen LogP contribution is -2.06. The molecular weight excluding hydrogens is 185 g/mol. The number of halogens is 2. The number of aromatic nitrogens is 2. The van der Waals surface area contributed by atoms with E-state index in [-0.39, 0.29) is 5.28 Å². The van der Waals surface area contributed by atoms with E-state index in [2.05, 4.69) is 15.3 Å². The molecule has 0 spiro atoms. The Hall–Kier alpha value is -0.380. The number of rotatable bonds is 2.